The molecule has 12 nitrogen and oxygen atoms in total. The van der Waals surface area contributed by atoms with E-state index in [1.54, 1.807) is 91.0 Å². The van der Waals surface area contributed by atoms with Gasteiger partial charge in [0.05, 0.1) is 35.8 Å². The number of phenolic OH excluding ortho intramolecular Hbond substituents is 4. The van der Waals surface area contributed by atoms with E-state index in [2.05, 4.69) is 165 Å². The normalized spacial score (nSPS) is 10.2. The Labute approximate surface area is 509 Å². The number of carbonyl (C=O) groups excluding carboxylic acids is 4. The molecule has 4 amide bonds. The lowest BCUT2D eigenvalue weighted by Gasteiger charge is -2.08. The molecule has 0 spiro atoms. The third kappa shape index (κ3) is 18.8. The second kappa shape index (κ2) is 29.2. The molecule has 8 rings (SSSR count). The Bertz CT molecular complexity index is 3060. The standard InChI is InChI=1S/C13H8Br3NO2.C13H8Br2ClNO2.C13H8Br2FNO2.C13H9Br2NO2/c14-8-3-1-2-7(4-8)13(19)17-9-5-10(15)12(18)11(16)6-9;2*14-10-5-9(6-11(15)12(10)18)17-13(19)7-2-1-3-8(16)4-7;14-10-6-8(7-11(15)12(10)17)13(18)16-9-4-2-1-3-5-9/h3*1-6,18H,(H,17,19);1-7,17H,(H,16,18). The van der Waals surface area contributed by atoms with E-state index in [-0.39, 0.29) is 46.3 Å². The highest BCUT2D eigenvalue weighted by atomic mass is 79.9. The number of benzene rings is 8. The number of amides is 4. The van der Waals surface area contributed by atoms with Crippen molar-refractivity contribution < 1.29 is 44.0 Å². The zero-order chi connectivity index (χ0) is 55.1. The highest BCUT2D eigenvalue weighted by molar-refractivity contribution is 9.12. The summed E-state index contributed by atoms with van der Waals surface area (Å²) in [4.78, 5) is 48.0. The van der Waals surface area contributed by atoms with E-state index in [9.17, 15) is 44.0 Å². The van der Waals surface area contributed by atoms with Crippen molar-refractivity contribution in [3.63, 3.8) is 0 Å². The van der Waals surface area contributed by atoms with Crippen LogP contribution in [-0.4, -0.2) is 44.1 Å². The molecule has 0 fully saturated rings. The number of carbonyl (C=O) groups is 4. The van der Waals surface area contributed by atoms with Gasteiger partial charge in [0.15, 0.2) is 0 Å². The maximum atomic E-state index is 13.0. The number of aromatic hydroxyl groups is 4. The van der Waals surface area contributed by atoms with Crippen LogP contribution in [0.1, 0.15) is 41.4 Å². The first-order valence-corrected chi connectivity index (χ1v) is 28.3. The number of para-hydroxylation sites is 1. The number of anilines is 4. The summed E-state index contributed by atoms with van der Waals surface area (Å²) in [5.74, 6) is -1.32. The summed E-state index contributed by atoms with van der Waals surface area (Å²) in [6, 6.07) is 41.1. The lowest BCUT2D eigenvalue weighted by atomic mass is 10.2. The molecule has 0 saturated carbocycles. The van der Waals surface area contributed by atoms with Crippen molar-refractivity contribution in [2.24, 2.45) is 0 Å². The van der Waals surface area contributed by atoms with Gasteiger partial charge in [-0.3, -0.25) is 19.2 Å². The van der Waals surface area contributed by atoms with Crippen molar-refractivity contribution in [1.29, 1.82) is 0 Å². The Kier molecular flexibility index (Phi) is 23.9. The van der Waals surface area contributed by atoms with E-state index in [0.29, 0.717) is 74.6 Å². The molecular formula is C52H33Br9ClFN4O8. The molecule has 8 N–H and O–H groups in total. The van der Waals surface area contributed by atoms with Crippen molar-refractivity contribution in [1.82, 2.24) is 0 Å². The van der Waals surface area contributed by atoms with Crippen LogP contribution in [0.4, 0.5) is 27.1 Å². The lowest BCUT2D eigenvalue weighted by molar-refractivity contribution is 0.101. The number of hydrogen-bond acceptors (Lipinski definition) is 8. The maximum absolute atomic E-state index is 13.0. The van der Waals surface area contributed by atoms with Gasteiger partial charge in [0, 0.05) is 54.5 Å². The van der Waals surface area contributed by atoms with Gasteiger partial charge in [-0.05, 0) is 243 Å². The number of hydrogen-bond donors (Lipinski definition) is 8. The van der Waals surface area contributed by atoms with Crippen molar-refractivity contribution in [2.45, 2.75) is 0 Å². The SMILES string of the molecule is O=C(Nc1cc(Br)c(O)c(Br)c1)c1cccc(Br)c1.O=C(Nc1cc(Br)c(O)c(Br)c1)c1cccc(Cl)c1.O=C(Nc1cc(Br)c(O)c(Br)c1)c1cccc(F)c1.O=C(Nc1ccccc1)c1cc(Br)c(O)c(Br)c1. The second-order valence-corrected chi connectivity index (χ2v) is 23.1. The smallest absolute Gasteiger partial charge is 0.255 e. The fraction of sp³-hybridized carbons (Fsp3) is 0. The molecule has 0 radical (unpaired) electrons. The Morgan fingerprint density at radius 3 is 1.04 bits per heavy atom. The quantitative estimate of drug-likeness (QED) is 0.0688. The van der Waals surface area contributed by atoms with Gasteiger partial charge < -0.3 is 41.7 Å². The lowest BCUT2D eigenvalue weighted by Crippen LogP contribution is -2.12. The molecule has 0 aromatic heterocycles. The molecule has 0 aliphatic heterocycles. The minimum absolute atomic E-state index is 0.0451. The van der Waals surface area contributed by atoms with Gasteiger partial charge in [-0.1, -0.05) is 63.9 Å². The van der Waals surface area contributed by atoms with E-state index in [1.165, 1.54) is 18.2 Å². The Morgan fingerprint density at radius 2 is 0.667 bits per heavy atom. The van der Waals surface area contributed by atoms with Gasteiger partial charge >= 0.3 is 0 Å². The van der Waals surface area contributed by atoms with Gasteiger partial charge in [0.1, 0.15) is 28.8 Å². The average molecular weight is 1620 g/mol. The van der Waals surface area contributed by atoms with E-state index < -0.39 is 11.7 Å². The van der Waals surface area contributed by atoms with E-state index in [4.69, 9.17) is 11.6 Å². The maximum Gasteiger partial charge on any atom is 0.255 e. The molecule has 0 unspecified atom stereocenters. The molecule has 75 heavy (non-hydrogen) atoms. The topological polar surface area (TPSA) is 197 Å². The first-order chi connectivity index (χ1) is 35.5. The largest absolute Gasteiger partial charge is 0.506 e. The number of nitrogens with one attached hydrogen (secondary N) is 4. The molecular weight excluding hydrogens is 1580 g/mol. The fourth-order valence-corrected chi connectivity index (χ4v) is 11.2. The summed E-state index contributed by atoms with van der Waals surface area (Å²) in [7, 11) is 0. The van der Waals surface area contributed by atoms with Crippen molar-refractivity contribution in [3.8, 4) is 23.0 Å². The van der Waals surface area contributed by atoms with Gasteiger partial charge in [0.25, 0.3) is 23.6 Å². The molecule has 386 valence electrons. The summed E-state index contributed by atoms with van der Waals surface area (Å²) in [5.41, 5.74) is 4.04. The van der Waals surface area contributed by atoms with Crippen LogP contribution in [0.2, 0.25) is 5.02 Å². The van der Waals surface area contributed by atoms with Gasteiger partial charge in [-0.15, -0.1) is 0 Å². The van der Waals surface area contributed by atoms with Crippen LogP contribution in [-0.2, 0) is 0 Å². The first kappa shape index (κ1) is 61.2. The summed E-state index contributed by atoms with van der Waals surface area (Å²) in [6.45, 7) is 0. The number of halogens is 11. The second-order valence-electron chi connectivity index (χ2n) is 14.9. The van der Waals surface area contributed by atoms with Crippen LogP contribution in [0.3, 0.4) is 0 Å². The Balaban J connectivity index is 0.000000185. The van der Waals surface area contributed by atoms with Crippen LogP contribution >= 0.6 is 155 Å². The van der Waals surface area contributed by atoms with E-state index in [1.807, 2.05) is 36.4 Å². The van der Waals surface area contributed by atoms with Crippen molar-refractivity contribution >= 4 is 201 Å². The van der Waals surface area contributed by atoms with Crippen LogP contribution in [0, 0.1) is 5.82 Å². The molecule has 8 aromatic rings. The predicted molar refractivity (Wildman–Crippen MR) is 324 cm³/mol. The number of phenols is 4. The summed E-state index contributed by atoms with van der Waals surface area (Å²) < 4.78 is 17.7. The summed E-state index contributed by atoms with van der Waals surface area (Å²) in [6.07, 6.45) is 0. The molecule has 0 heterocycles. The zero-order valence-electron chi connectivity index (χ0n) is 37.5. The molecule has 0 aliphatic rings. The summed E-state index contributed by atoms with van der Waals surface area (Å²) in [5, 5.41) is 49.7. The zero-order valence-corrected chi connectivity index (χ0v) is 52.5. The van der Waals surface area contributed by atoms with Crippen LogP contribution < -0.4 is 21.3 Å². The third-order valence-corrected chi connectivity index (χ3v) is 15.0. The van der Waals surface area contributed by atoms with Gasteiger partial charge in [-0.25, -0.2) is 4.39 Å². The molecule has 0 saturated heterocycles. The molecule has 0 aliphatic carbocycles. The average Bonchev–Trinajstić information content (AvgIpc) is 3.36. The predicted octanol–water partition coefficient (Wildman–Crippen LogP) is 18.2. The summed E-state index contributed by atoms with van der Waals surface area (Å²) >= 11 is 34.7. The molecule has 0 bridgehead atoms. The third-order valence-electron chi connectivity index (χ3n) is 9.40. The van der Waals surface area contributed by atoms with Crippen LogP contribution in [0.25, 0.3) is 0 Å². The highest BCUT2D eigenvalue weighted by Gasteiger charge is 2.15. The van der Waals surface area contributed by atoms with Crippen molar-refractivity contribution in [3.05, 3.63) is 225 Å². The minimum atomic E-state index is -0.472. The molecule has 23 heteroatoms. The number of rotatable bonds is 8. The molecule has 0 atom stereocenters. The minimum Gasteiger partial charge on any atom is -0.506 e. The van der Waals surface area contributed by atoms with Gasteiger partial charge in [-0.2, -0.15) is 0 Å². The fourth-order valence-electron chi connectivity index (χ4n) is 5.83. The molecule has 8 aromatic carbocycles. The first-order valence-electron chi connectivity index (χ1n) is 20.8. The van der Waals surface area contributed by atoms with Gasteiger partial charge in [0.2, 0.25) is 0 Å². The van der Waals surface area contributed by atoms with E-state index >= 15 is 0 Å². The van der Waals surface area contributed by atoms with Crippen LogP contribution in [0.5, 0.6) is 23.0 Å². The monoisotopic (exact) mass is 1610 g/mol. The van der Waals surface area contributed by atoms with E-state index in [0.717, 1.165) is 16.2 Å². The van der Waals surface area contributed by atoms with Crippen molar-refractivity contribution in [2.75, 3.05) is 21.3 Å². The Hall–Kier alpha value is -4.62. The highest BCUT2D eigenvalue weighted by Crippen LogP contribution is 2.38. The Morgan fingerprint density at radius 1 is 0.347 bits per heavy atom. The van der Waals surface area contributed by atoms with Crippen LogP contribution in [0.15, 0.2) is 192 Å².